The van der Waals surface area contributed by atoms with E-state index in [1.807, 2.05) is 0 Å². The highest BCUT2D eigenvalue weighted by Crippen LogP contribution is 2.52. The Morgan fingerprint density at radius 1 is 1.15 bits per heavy atom. The van der Waals surface area contributed by atoms with Gasteiger partial charge >= 0.3 is 0 Å². The van der Waals surface area contributed by atoms with Crippen LogP contribution in [0.5, 0.6) is 0 Å². The predicted molar refractivity (Wildman–Crippen MR) is 76.3 cm³/mol. The number of nitrogens with two attached hydrogens (primary N) is 1. The van der Waals surface area contributed by atoms with Gasteiger partial charge in [-0.2, -0.15) is 4.98 Å². The van der Waals surface area contributed by atoms with E-state index >= 15 is 0 Å². The van der Waals surface area contributed by atoms with Crippen LogP contribution in [-0.2, 0) is 5.41 Å². The summed E-state index contributed by atoms with van der Waals surface area (Å²) in [6, 6.07) is 0. The van der Waals surface area contributed by atoms with Crippen molar-refractivity contribution in [2.24, 2.45) is 17.6 Å². The maximum Gasteiger partial charge on any atom is 0.234 e. The van der Waals surface area contributed by atoms with Crippen molar-refractivity contribution in [3.63, 3.8) is 0 Å². The molecule has 1 heterocycles. The lowest BCUT2D eigenvalue weighted by Gasteiger charge is -2.32. The van der Waals surface area contributed by atoms with E-state index in [1.54, 1.807) is 0 Å². The first kappa shape index (κ1) is 12.8. The van der Waals surface area contributed by atoms with Gasteiger partial charge in [0.2, 0.25) is 5.89 Å². The van der Waals surface area contributed by atoms with Gasteiger partial charge < -0.3 is 10.3 Å². The van der Waals surface area contributed by atoms with Crippen LogP contribution in [0.15, 0.2) is 4.52 Å². The lowest BCUT2D eigenvalue weighted by molar-refractivity contribution is 0.219. The first-order valence-corrected chi connectivity index (χ1v) is 8.35. The minimum Gasteiger partial charge on any atom is -0.339 e. The second kappa shape index (κ2) is 4.83. The average Bonchev–Trinajstić information content (AvgIpc) is 3.23. The summed E-state index contributed by atoms with van der Waals surface area (Å²) in [6.07, 6.45) is 11.5. The topological polar surface area (TPSA) is 64.9 Å². The monoisotopic (exact) mass is 275 g/mol. The highest BCUT2D eigenvalue weighted by atomic mass is 16.5. The van der Waals surface area contributed by atoms with E-state index in [2.05, 4.69) is 5.16 Å². The van der Waals surface area contributed by atoms with Crippen LogP contribution >= 0.6 is 0 Å². The van der Waals surface area contributed by atoms with Crippen LogP contribution in [0.3, 0.4) is 0 Å². The lowest BCUT2D eigenvalue weighted by atomic mass is 9.74. The van der Waals surface area contributed by atoms with Gasteiger partial charge in [0, 0.05) is 12.5 Å². The molecule has 0 radical (unpaired) electrons. The van der Waals surface area contributed by atoms with Crippen molar-refractivity contribution in [3.8, 4) is 0 Å². The summed E-state index contributed by atoms with van der Waals surface area (Å²) in [7, 11) is 0. The summed E-state index contributed by atoms with van der Waals surface area (Å²) < 4.78 is 5.68. The van der Waals surface area contributed by atoms with Crippen LogP contribution in [0.25, 0.3) is 0 Å². The van der Waals surface area contributed by atoms with E-state index in [0.29, 0.717) is 12.5 Å². The normalized spacial score (nSPS) is 35.5. The van der Waals surface area contributed by atoms with Crippen LogP contribution in [0.2, 0.25) is 0 Å². The molecule has 0 spiro atoms. The van der Waals surface area contributed by atoms with E-state index in [-0.39, 0.29) is 5.41 Å². The number of nitrogens with zero attached hydrogens (tertiary/aromatic N) is 2. The molecule has 4 heteroatoms. The number of rotatable bonds is 3. The van der Waals surface area contributed by atoms with Crippen molar-refractivity contribution in [1.29, 1.82) is 0 Å². The van der Waals surface area contributed by atoms with Gasteiger partial charge in [0.15, 0.2) is 5.82 Å². The van der Waals surface area contributed by atoms with Crippen molar-refractivity contribution < 1.29 is 4.52 Å². The maximum atomic E-state index is 6.07. The Bertz CT molecular complexity index is 478. The molecule has 3 aliphatic carbocycles. The second-order valence-electron chi connectivity index (χ2n) is 7.28. The van der Waals surface area contributed by atoms with Gasteiger partial charge in [0.1, 0.15) is 0 Å². The lowest BCUT2D eigenvalue weighted by Crippen LogP contribution is -2.37. The molecule has 110 valence electrons. The van der Waals surface area contributed by atoms with E-state index in [1.165, 1.54) is 44.9 Å². The minimum absolute atomic E-state index is 0.0267. The van der Waals surface area contributed by atoms with Crippen LogP contribution in [-0.4, -0.2) is 16.7 Å². The molecule has 0 aliphatic heterocycles. The molecule has 3 fully saturated rings. The molecule has 20 heavy (non-hydrogen) atoms. The zero-order valence-corrected chi connectivity index (χ0v) is 12.2. The van der Waals surface area contributed by atoms with Crippen molar-refractivity contribution >= 4 is 0 Å². The van der Waals surface area contributed by atoms with Gasteiger partial charge in [-0.15, -0.1) is 0 Å². The van der Waals surface area contributed by atoms with Gasteiger partial charge in [-0.05, 0) is 43.9 Å². The second-order valence-corrected chi connectivity index (χ2v) is 7.28. The molecule has 2 bridgehead atoms. The molecule has 3 saturated carbocycles. The van der Waals surface area contributed by atoms with Crippen molar-refractivity contribution in [2.45, 2.75) is 69.1 Å². The van der Waals surface area contributed by atoms with Crippen molar-refractivity contribution in [1.82, 2.24) is 10.1 Å². The molecular formula is C16H25N3O. The fourth-order valence-electron chi connectivity index (χ4n) is 4.90. The maximum absolute atomic E-state index is 6.07. The Hall–Kier alpha value is -0.900. The molecule has 2 N–H and O–H groups in total. The van der Waals surface area contributed by atoms with Crippen LogP contribution in [0.4, 0.5) is 0 Å². The summed E-state index contributed by atoms with van der Waals surface area (Å²) in [5, 5.41) is 4.34. The van der Waals surface area contributed by atoms with Crippen LogP contribution in [0, 0.1) is 11.8 Å². The Kier molecular flexibility index (Phi) is 3.09. The molecule has 3 atom stereocenters. The molecule has 0 saturated heterocycles. The van der Waals surface area contributed by atoms with E-state index < -0.39 is 0 Å². The molecule has 4 rings (SSSR count). The SMILES string of the molecule is NCC1(c2nc(C3CC4CCC3C4)no2)CCCCC1. The average molecular weight is 275 g/mol. The Labute approximate surface area is 120 Å². The molecular weight excluding hydrogens is 250 g/mol. The van der Waals surface area contributed by atoms with E-state index in [9.17, 15) is 0 Å². The zero-order valence-electron chi connectivity index (χ0n) is 12.2. The fourth-order valence-corrected chi connectivity index (χ4v) is 4.90. The van der Waals surface area contributed by atoms with Gasteiger partial charge in [0.25, 0.3) is 0 Å². The summed E-state index contributed by atoms with van der Waals surface area (Å²) in [5.41, 5.74) is 6.04. The highest BCUT2D eigenvalue weighted by Gasteiger charge is 2.44. The van der Waals surface area contributed by atoms with E-state index in [4.69, 9.17) is 15.2 Å². The molecule has 1 aromatic heterocycles. The van der Waals surface area contributed by atoms with Crippen LogP contribution in [0.1, 0.15) is 75.4 Å². The quantitative estimate of drug-likeness (QED) is 0.920. The number of aromatic nitrogens is 2. The summed E-state index contributed by atoms with van der Waals surface area (Å²) in [5.74, 6) is 4.10. The Morgan fingerprint density at radius 2 is 2.00 bits per heavy atom. The third-order valence-electron chi connectivity index (χ3n) is 6.17. The first-order chi connectivity index (χ1) is 9.81. The molecule has 3 unspecified atom stereocenters. The number of fused-ring (bicyclic) bond motifs is 2. The van der Waals surface area contributed by atoms with Gasteiger partial charge in [-0.25, -0.2) is 0 Å². The standard InChI is InChI=1S/C16H25N3O/c17-10-16(6-2-1-3-7-16)15-18-14(19-20-15)13-9-11-4-5-12(13)8-11/h11-13H,1-10,17H2. The van der Waals surface area contributed by atoms with Gasteiger partial charge in [-0.3, -0.25) is 0 Å². The molecule has 3 aliphatic rings. The highest BCUT2D eigenvalue weighted by molar-refractivity contribution is 5.12. The summed E-state index contributed by atoms with van der Waals surface area (Å²) >= 11 is 0. The Morgan fingerprint density at radius 3 is 2.65 bits per heavy atom. The van der Waals surface area contributed by atoms with Crippen LogP contribution < -0.4 is 5.73 Å². The molecule has 0 aromatic carbocycles. The largest absolute Gasteiger partial charge is 0.339 e. The zero-order chi connectivity index (χ0) is 13.6. The summed E-state index contributed by atoms with van der Waals surface area (Å²) in [4.78, 5) is 4.82. The van der Waals surface area contributed by atoms with Gasteiger partial charge in [0.05, 0.1) is 5.41 Å². The number of hydrogen-bond acceptors (Lipinski definition) is 4. The predicted octanol–water partition coefficient (Wildman–Crippen LogP) is 3.13. The Balaban J connectivity index is 1.58. The minimum atomic E-state index is -0.0267. The van der Waals surface area contributed by atoms with E-state index in [0.717, 1.165) is 36.4 Å². The van der Waals surface area contributed by atoms with Gasteiger partial charge in [-0.1, -0.05) is 30.8 Å². The van der Waals surface area contributed by atoms with Crippen molar-refractivity contribution in [2.75, 3.05) is 6.54 Å². The third-order valence-corrected chi connectivity index (χ3v) is 6.17. The van der Waals surface area contributed by atoms with Crippen molar-refractivity contribution in [3.05, 3.63) is 11.7 Å². The molecule has 1 aromatic rings. The molecule has 0 amide bonds. The summed E-state index contributed by atoms with van der Waals surface area (Å²) in [6.45, 7) is 0.644. The number of hydrogen-bond donors (Lipinski definition) is 1. The smallest absolute Gasteiger partial charge is 0.234 e. The third kappa shape index (κ3) is 1.92. The molecule has 4 nitrogen and oxygen atoms in total. The first-order valence-electron chi connectivity index (χ1n) is 8.35. The fraction of sp³-hybridized carbons (Fsp3) is 0.875.